The first-order valence-corrected chi connectivity index (χ1v) is 8.17. The quantitative estimate of drug-likeness (QED) is 0.567. The van der Waals surface area contributed by atoms with Crippen molar-refractivity contribution in [3.05, 3.63) is 23.8 Å². The lowest BCUT2D eigenvalue weighted by atomic mass is 9.97. The Morgan fingerprint density at radius 2 is 1.96 bits per heavy atom. The molecule has 0 radical (unpaired) electrons. The van der Waals surface area contributed by atoms with Gasteiger partial charge < -0.3 is 19.1 Å². The molecule has 130 valence electrons. The number of terminal acetylenes is 1. The average molecular weight is 331 g/mol. The molecule has 5 heteroatoms. The molecule has 1 aromatic rings. The smallest absolute Gasteiger partial charge is 0.226 e. The Morgan fingerprint density at radius 1 is 1.25 bits per heavy atom. The molecule has 1 saturated heterocycles. The van der Waals surface area contributed by atoms with Crippen LogP contribution in [0.3, 0.4) is 0 Å². The van der Waals surface area contributed by atoms with E-state index in [1.807, 2.05) is 23.1 Å². The fraction of sp³-hybridized carbons (Fsp3) is 0.526. The van der Waals surface area contributed by atoms with E-state index >= 15 is 0 Å². The summed E-state index contributed by atoms with van der Waals surface area (Å²) in [4.78, 5) is 14.4. The number of carbonyl (C=O) groups is 1. The number of rotatable bonds is 7. The number of piperidine rings is 1. The van der Waals surface area contributed by atoms with Gasteiger partial charge in [0.2, 0.25) is 5.91 Å². The standard InChI is InChI=1S/C19H25NO4/c1-4-11-24-14-15-7-9-20(10-8-15)19(21)13-16-5-6-17(22-2)18(12-16)23-3/h1,5-6,12,15H,7-11,13-14H2,2-3H3. The van der Waals surface area contributed by atoms with Crippen molar-refractivity contribution in [3.63, 3.8) is 0 Å². The molecule has 1 fully saturated rings. The second-order valence-electron chi connectivity index (χ2n) is 5.91. The van der Waals surface area contributed by atoms with E-state index in [0.29, 0.717) is 37.1 Å². The van der Waals surface area contributed by atoms with Crippen molar-refractivity contribution in [2.24, 2.45) is 5.92 Å². The first-order chi connectivity index (χ1) is 11.7. The third-order valence-corrected chi connectivity index (χ3v) is 4.31. The molecule has 0 unspecified atom stereocenters. The molecule has 0 aliphatic carbocycles. The molecule has 1 aromatic carbocycles. The first-order valence-electron chi connectivity index (χ1n) is 8.17. The summed E-state index contributed by atoms with van der Waals surface area (Å²) in [6.45, 7) is 2.59. The van der Waals surface area contributed by atoms with E-state index in [1.165, 1.54) is 0 Å². The second kappa shape index (κ2) is 9.19. The van der Waals surface area contributed by atoms with Crippen LogP contribution in [0.4, 0.5) is 0 Å². The van der Waals surface area contributed by atoms with Gasteiger partial charge in [-0.25, -0.2) is 0 Å². The predicted molar refractivity (Wildman–Crippen MR) is 92.2 cm³/mol. The number of ether oxygens (including phenoxy) is 3. The molecule has 0 aromatic heterocycles. The normalized spacial score (nSPS) is 15.0. The summed E-state index contributed by atoms with van der Waals surface area (Å²) in [7, 11) is 3.19. The largest absolute Gasteiger partial charge is 0.493 e. The number of amides is 1. The highest BCUT2D eigenvalue weighted by Gasteiger charge is 2.23. The lowest BCUT2D eigenvalue weighted by Crippen LogP contribution is -2.40. The van der Waals surface area contributed by atoms with Gasteiger partial charge in [0.1, 0.15) is 6.61 Å². The minimum absolute atomic E-state index is 0.144. The zero-order chi connectivity index (χ0) is 17.4. The Hall–Kier alpha value is -2.19. The third kappa shape index (κ3) is 4.90. The van der Waals surface area contributed by atoms with Gasteiger partial charge in [0.05, 0.1) is 27.2 Å². The van der Waals surface area contributed by atoms with Crippen LogP contribution < -0.4 is 9.47 Å². The van der Waals surface area contributed by atoms with Gasteiger partial charge in [0, 0.05) is 13.1 Å². The van der Waals surface area contributed by atoms with Crippen LogP contribution in [-0.2, 0) is 16.0 Å². The summed E-state index contributed by atoms with van der Waals surface area (Å²) in [5, 5.41) is 0. The molecule has 1 aliphatic heterocycles. The minimum Gasteiger partial charge on any atom is -0.493 e. The van der Waals surface area contributed by atoms with Crippen LogP contribution >= 0.6 is 0 Å². The van der Waals surface area contributed by atoms with E-state index in [1.54, 1.807) is 14.2 Å². The van der Waals surface area contributed by atoms with Crippen LogP contribution in [0.25, 0.3) is 0 Å². The Bertz CT molecular complexity index is 586. The van der Waals surface area contributed by atoms with Crippen molar-refractivity contribution in [3.8, 4) is 23.8 Å². The number of methoxy groups -OCH3 is 2. The zero-order valence-corrected chi connectivity index (χ0v) is 14.4. The number of likely N-dealkylation sites (tertiary alicyclic amines) is 1. The van der Waals surface area contributed by atoms with Crippen LogP contribution in [0.2, 0.25) is 0 Å². The highest BCUT2D eigenvalue weighted by molar-refractivity contribution is 5.79. The maximum Gasteiger partial charge on any atom is 0.226 e. The fourth-order valence-electron chi connectivity index (χ4n) is 2.91. The van der Waals surface area contributed by atoms with E-state index in [0.717, 1.165) is 31.5 Å². The molecule has 5 nitrogen and oxygen atoms in total. The lowest BCUT2D eigenvalue weighted by Gasteiger charge is -2.32. The van der Waals surface area contributed by atoms with Crippen LogP contribution in [0.5, 0.6) is 11.5 Å². The van der Waals surface area contributed by atoms with Crippen molar-refractivity contribution in [1.29, 1.82) is 0 Å². The van der Waals surface area contributed by atoms with Gasteiger partial charge in [0.15, 0.2) is 11.5 Å². The summed E-state index contributed by atoms with van der Waals surface area (Å²) in [5.41, 5.74) is 0.928. The number of benzene rings is 1. The topological polar surface area (TPSA) is 48.0 Å². The molecule has 24 heavy (non-hydrogen) atoms. The number of carbonyl (C=O) groups excluding carboxylic acids is 1. The molecule has 0 spiro atoms. The average Bonchev–Trinajstić information content (AvgIpc) is 2.62. The van der Waals surface area contributed by atoms with E-state index in [4.69, 9.17) is 20.6 Å². The fourth-order valence-corrected chi connectivity index (χ4v) is 2.91. The first kappa shape index (κ1) is 18.2. The van der Waals surface area contributed by atoms with E-state index in [9.17, 15) is 4.79 Å². The Morgan fingerprint density at radius 3 is 2.58 bits per heavy atom. The molecule has 0 atom stereocenters. The number of hydrogen-bond donors (Lipinski definition) is 0. The van der Waals surface area contributed by atoms with Crippen molar-refractivity contribution in [1.82, 2.24) is 4.90 Å². The van der Waals surface area contributed by atoms with Crippen molar-refractivity contribution >= 4 is 5.91 Å². The lowest BCUT2D eigenvalue weighted by molar-refractivity contribution is -0.132. The van der Waals surface area contributed by atoms with Crippen LogP contribution in [0.15, 0.2) is 18.2 Å². The third-order valence-electron chi connectivity index (χ3n) is 4.31. The summed E-state index contributed by atoms with van der Waals surface area (Å²) in [5.74, 6) is 4.42. The highest BCUT2D eigenvalue weighted by Crippen LogP contribution is 2.28. The van der Waals surface area contributed by atoms with Crippen molar-refractivity contribution in [2.45, 2.75) is 19.3 Å². The molecular formula is C19H25NO4. The molecule has 1 aliphatic rings. The molecule has 2 rings (SSSR count). The van der Waals surface area contributed by atoms with Gasteiger partial charge in [0.25, 0.3) is 0 Å². The monoisotopic (exact) mass is 331 g/mol. The van der Waals surface area contributed by atoms with E-state index < -0.39 is 0 Å². The van der Waals surface area contributed by atoms with Crippen molar-refractivity contribution in [2.75, 3.05) is 40.5 Å². The van der Waals surface area contributed by atoms with Gasteiger partial charge in [-0.3, -0.25) is 4.79 Å². The van der Waals surface area contributed by atoms with Gasteiger partial charge in [-0.05, 0) is 36.5 Å². The molecular weight excluding hydrogens is 306 g/mol. The molecule has 0 N–H and O–H groups in total. The summed E-state index contributed by atoms with van der Waals surface area (Å²) in [6.07, 6.45) is 7.47. The Labute approximate surface area is 143 Å². The van der Waals surface area contributed by atoms with Gasteiger partial charge >= 0.3 is 0 Å². The maximum absolute atomic E-state index is 12.5. The second-order valence-corrected chi connectivity index (χ2v) is 5.91. The number of nitrogens with zero attached hydrogens (tertiary/aromatic N) is 1. The van der Waals surface area contributed by atoms with E-state index in [-0.39, 0.29) is 5.91 Å². The van der Waals surface area contributed by atoms with Gasteiger partial charge in [-0.15, -0.1) is 6.42 Å². The zero-order valence-electron chi connectivity index (χ0n) is 14.4. The summed E-state index contributed by atoms with van der Waals surface area (Å²) < 4.78 is 15.9. The minimum atomic E-state index is 0.144. The molecule has 0 saturated carbocycles. The van der Waals surface area contributed by atoms with Gasteiger partial charge in [-0.2, -0.15) is 0 Å². The predicted octanol–water partition coefficient (Wildman–Crippen LogP) is 2.13. The van der Waals surface area contributed by atoms with Crippen LogP contribution in [-0.4, -0.2) is 51.3 Å². The van der Waals surface area contributed by atoms with E-state index in [2.05, 4.69) is 5.92 Å². The molecule has 0 bridgehead atoms. The van der Waals surface area contributed by atoms with Gasteiger partial charge in [-0.1, -0.05) is 12.0 Å². The summed E-state index contributed by atoms with van der Waals surface area (Å²) in [6, 6.07) is 5.59. The molecule has 1 heterocycles. The Balaban J connectivity index is 1.84. The SMILES string of the molecule is C#CCOCC1CCN(C(=O)Cc2ccc(OC)c(OC)c2)CC1. The van der Waals surface area contributed by atoms with Crippen LogP contribution in [0.1, 0.15) is 18.4 Å². The van der Waals surface area contributed by atoms with Crippen LogP contribution in [0, 0.1) is 18.3 Å². The summed E-state index contributed by atoms with van der Waals surface area (Å²) >= 11 is 0. The van der Waals surface area contributed by atoms with Crippen molar-refractivity contribution < 1.29 is 19.0 Å². The molecule has 1 amide bonds. The number of hydrogen-bond acceptors (Lipinski definition) is 4. The Kier molecular flexibility index (Phi) is 6.95. The maximum atomic E-state index is 12.5. The highest BCUT2D eigenvalue weighted by atomic mass is 16.5.